The van der Waals surface area contributed by atoms with Gasteiger partial charge in [-0.2, -0.15) is 0 Å². The monoisotopic (exact) mass is 382 g/mol. The number of hydrogen-bond donors (Lipinski definition) is 3. The van der Waals surface area contributed by atoms with Gasteiger partial charge in [0.25, 0.3) is 0 Å². The van der Waals surface area contributed by atoms with E-state index in [9.17, 15) is 19.5 Å². The van der Waals surface area contributed by atoms with Gasteiger partial charge in [0.1, 0.15) is 0 Å². The van der Waals surface area contributed by atoms with Crippen molar-refractivity contribution in [3.8, 4) is 0 Å². The molecule has 1 aliphatic carbocycles. The van der Waals surface area contributed by atoms with Crippen LogP contribution in [0.25, 0.3) is 10.8 Å². The van der Waals surface area contributed by atoms with Gasteiger partial charge in [0.05, 0.1) is 5.92 Å². The molecular formula is C22H26N2O4. The first-order chi connectivity index (χ1) is 13.5. The fourth-order valence-electron chi connectivity index (χ4n) is 3.26. The Bertz CT molecular complexity index is 855. The zero-order valence-corrected chi connectivity index (χ0v) is 15.8. The number of carbonyl (C=O) groups excluding carboxylic acids is 2. The minimum absolute atomic E-state index is 0.0708. The van der Waals surface area contributed by atoms with Crippen LogP contribution in [-0.2, 0) is 20.8 Å². The van der Waals surface area contributed by atoms with Crippen molar-refractivity contribution >= 4 is 28.6 Å². The largest absolute Gasteiger partial charge is 0.481 e. The standard InChI is InChI=1S/C22H26N2O4/c25-20(9-4-12-23-21(26)16-10-11-16)24-14-18(22(27)28)13-17-7-3-6-15-5-1-2-8-19(15)17/h1-3,5-8,16,18H,4,9-14H2,(H,23,26)(H,24,25)(H,27,28). The molecule has 1 aliphatic rings. The molecule has 0 bridgehead atoms. The predicted molar refractivity (Wildman–Crippen MR) is 107 cm³/mol. The molecule has 6 nitrogen and oxygen atoms in total. The maximum absolute atomic E-state index is 12.0. The van der Waals surface area contributed by atoms with E-state index < -0.39 is 11.9 Å². The molecule has 2 aromatic rings. The number of nitrogens with one attached hydrogen (secondary N) is 2. The van der Waals surface area contributed by atoms with Crippen LogP contribution in [0.1, 0.15) is 31.2 Å². The van der Waals surface area contributed by atoms with Gasteiger partial charge in [0, 0.05) is 25.4 Å². The highest BCUT2D eigenvalue weighted by Gasteiger charge is 2.29. The van der Waals surface area contributed by atoms with Gasteiger partial charge >= 0.3 is 5.97 Å². The normalized spacial score (nSPS) is 14.4. The SMILES string of the molecule is O=C(CCCNC(=O)C1CC1)NCC(Cc1cccc2ccccc12)C(=O)O. The van der Waals surface area contributed by atoms with Crippen molar-refractivity contribution in [2.75, 3.05) is 13.1 Å². The van der Waals surface area contributed by atoms with E-state index in [0.29, 0.717) is 19.4 Å². The molecule has 3 rings (SSSR count). The fourth-order valence-corrected chi connectivity index (χ4v) is 3.26. The summed E-state index contributed by atoms with van der Waals surface area (Å²) in [6.45, 7) is 0.562. The number of carboxylic acid groups (broad SMARTS) is 1. The second-order valence-corrected chi connectivity index (χ2v) is 7.35. The Morgan fingerprint density at radius 2 is 1.79 bits per heavy atom. The summed E-state index contributed by atoms with van der Waals surface area (Å²) >= 11 is 0. The predicted octanol–water partition coefficient (Wildman–Crippen LogP) is 2.51. The Morgan fingerprint density at radius 3 is 2.54 bits per heavy atom. The van der Waals surface area contributed by atoms with E-state index in [4.69, 9.17) is 0 Å². The zero-order valence-electron chi connectivity index (χ0n) is 15.8. The molecule has 1 saturated carbocycles. The molecule has 2 amide bonds. The van der Waals surface area contributed by atoms with Gasteiger partial charge in [-0.05, 0) is 42.0 Å². The van der Waals surface area contributed by atoms with E-state index >= 15 is 0 Å². The molecule has 0 heterocycles. The van der Waals surface area contributed by atoms with Crippen molar-refractivity contribution in [3.05, 3.63) is 48.0 Å². The zero-order chi connectivity index (χ0) is 19.9. The van der Waals surface area contributed by atoms with Gasteiger partial charge in [-0.3, -0.25) is 14.4 Å². The van der Waals surface area contributed by atoms with E-state index in [1.54, 1.807) is 0 Å². The van der Waals surface area contributed by atoms with Crippen molar-refractivity contribution in [3.63, 3.8) is 0 Å². The van der Waals surface area contributed by atoms with Crippen LogP contribution < -0.4 is 10.6 Å². The van der Waals surface area contributed by atoms with E-state index in [1.807, 2.05) is 42.5 Å². The Balaban J connectivity index is 1.47. The summed E-state index contributed by atoms with van der Waals surface area (Å²) in [5.74, 6) is -1.57. The third-order valence-corrected chi connectivity index (χ3v) is 5.07. The summed E-state index contributed by atoms with van der Waals surface area (Å²) in [6.07, 6.45) is 3.09. The number of benzene rings is 2. The second kappa shape index (κ2) is 9.35. The van der Waals surface area contributed by atoms with Crippen LogP contribution in [0.2, 0.25) is 0 Å². The van der Waals surface area contributed by atoms with E-state index in [1.165, 1.54) is 0 Å². The van der Waals surface area contributed by atoms with Gasteiger partial charge in [0.2, 0.25) is 11.8 Å². The van der Waals surface area contributed by atoms with Crippen LogP contribution in [0.4, 0.5) is 0 Å². The molecule has 1 fully saturated rings. The smallest absolute Gasteiger partial charge is 0.308 e. The van der Waals surface area contributed by atoms with Crippen LogP contribution in [-0.4, -0.2) is 36.0 Å². The molecule has 0 spiro atoms. The Labute approximate surface area is 164 Å². The quantitative estimate of drug-likeness (QED) is 0.550. The average molecular weight is 382 g/mol. The molecular weight excluding hydrogens is 356 g/mol. The molecule has 148 valence electrons. The third kappa shape index (κ3) is 5.55. The molecule has 1 atom stereocenters. The molecule has 0 aliphatic heterocycles. The maximum Gasteiger partial charge on any atom is 0.308 e. The minimum Gasteiger partial charge on any atom is -0.481 e. The van der Waals surface area contributed by atoms with Crippen molar-refractivity contribution in [1.29, 1.82) is 0 Å². The highest BCUT2D eigenvalue weighted by molar-refractivity contribution is 5.86. The van der Waals surface area contributed by atoms with Gasteiger partial charge in [-0.25, -0.2) is 0 Å². The lowest BCUT2D eigenvalue weighted by molar-refractivity contribution is -0.141. The summed E-state index contributed by atoms with van der Waals surface area (Å²) in [6, 6.07) is 13.7. The first kappa shape index (κ1) is 19.9. The summed E-state index contributed by atoms with van der Waals surface area (Å²) in [5.41, 5.74) is 0.961. The lowest BCUT2D eigenvalue weighted by atomic mass is 9.95. The summed E-state index contributed by atoms with van der Waals surface area (Å²) in [7, 11) is 0. The number of fused-ring (bicyclic) bond motifs is 1. The summed E-state index contributed by atoms with van der Waals surface area (Å²) < 4.78 is 0. The lowest BCUT2D eigenvalue weighted by Crippen LogP contribution is -2.34. The summed E-state index contributed by atoms with van der Waals surface area (Å²) in [5, 5.41) is 17.2. The highest BCUT2D eigenvalue weighted by Crippen LogP contribution is 2.28. The molecule has 0 saturated heterocycles. The lowest BCUT2D eigenvalue weighted by Gasteiger charge is -2.15. The molecule has 28 heavy (non-hydrogen) atoms. The summed E-state index contributed by atoms with van der Waals surface area (Å²) in [4.78, 5) is 35.2. The molecule has 0 radical (unpaired) electrons. The van der Waals surface area contributed by atoms with Crippen molar-refractivity contribution in [1.82, 2.24) is 10.6 Å². The van der Waals surface area contributed by atoms with Crippen molar-refractivity contribution in [2.45, 2.75) is 32.1 Å². The van der Waals surface area contributed by atoms with E-state index in [-0.39, 0.29) is 30.7 Å². The Kier molecular flexibility index (Phi) is 6.63. The van der Waals surface area contributed by atoms with E-state index in [0.717, 1.165) is 29.2 Å². The number of carbonyl (C=O) groups is 3. The highest BCUT2D eigenvalue weighted by atomic mass is 16.4. The van der Waals surface area contributed by atoms with Crippen LogP contribution in [0.5, 0.6) is 0 Å². The fraction of sp³-hybridized carbons (Fsp3) is 0.409. The Hall–Kier alpha value is -2.89. The van der Waals surface area contributed by atoms with E-state index in [2.05, 4.69) is 10.6 Å². The van der Waals surface area contributed by atoms with Crippen molar-refractivity contribution < 1.29 is 19.5 Å². The first-order valence-electron chi connectivity index (χ1n) is 9.78. The maximum atomic E-state index is 12.0. The topological polar surface area (TPSA) is 95.5 Å². The van der Waals surface area contributed by atoms with Gasteiger partial charge in [-0.15, -0.1) is 0 Å². The van der Waals surface area contributed by atoms with Crippen molar-refractivity contribution in [2.24, 2.45) is 11.8 Å². The number of rotatable bonds is 10. The van der Waals surface area contributed by atoms with Crippen LogP contribution in [0.3, 0.4) is 0 Å². The van der Waals surface area contributed by atoms with Crippen LogP contribution in [0.15, 0.2) is 42.5 Å². The average Bonchev–Trinajstić information content (AvgIpc) is 3.53. The molecule has 3 N–H and O–H groups in total. The minimum atomic E-state index is -0.926. The number of amides is 2. The molecule has 0 aromatic heterocycles. The van der Waals surface area contributed by atoms with Gasteiger partial charge in [-0.1, -0.05) is 42.5 Å². The Morgan fingerprint density at radius 1 is 1.04 bits per heavy atom. The molecule has 2 aromatic carbocycles. The number of hydrogen-bond acceptors (Lipinski definition) is 3. The number of carboxylic acids is 1. The van der Waals surface area contributed by atoms with Crippen LogP contribution >= 0.6 is 0 Å². The third-order valence-electron chi connectivity index (χ3n) is 5.07. The first-order valence-corrected chi connectivity index (χ1v) is 9.78. The molecule has 1 unspecified atom stereocenters. The van der Waals surface area contributed by atoms with Crippen LogP contribution in [0, 0.1) is 11.8 Å². The van der Waals surface area contributed by atoms with Gasteiger partial charge in [0.15, 0.2) is 0 Å². The second-order valence-electron chi connectivity index (χ2n) is 7.35. The number of aliphatic carboxylic acids is 1. The molecule has 6 heteroatoms. The van der Waals surface area contributed by atoms with Gasteiger partial charge < -0.3 is 15.7 Å².